The molecule has 0 aliphatic rings. The molecule has 0 radical (unpaired) electrons. The summed E-state index contributed by atoms with van der Waals surface area (Å²) < 4.78 is 1.13. The van der Waals surface area contributed by atoms with Crippen LogP contribution in [-0.4, -0.2) is 5.75 Å². The van der Waals surface area contributed by atoms with Crippen molar-refractivity contribution in [1.82, 2.24) is 0 Å². The molecule has 1 aromatic heterocycles. The molecular formula is C11H16OS2. The topological polar surface area (TPSA) is 17.1 Å². The third-order valence-electron chi connectivity index (χ3n) is 1.77. The fourth-order valence-corrected chi connectivity index (χ4v) is 3.25. The standard InChI is InChI=1S/C11H16OS2/c1-5-13-10-7-8(12)6-9(14-10)11(2,3)4/h6-7H,5H2,1-4H3. The Hall–Kier alpha value is -0.280. The van der Waals surface area contributed by atoms with E-state index in [0.717, 1.165) is 9.96 Å². The zero-order valence-electron chi connectivity index (χ0n) is 9.09. The lowest BCUT2D eigenvalue weighted by molar-refractivity contribution is 0.602. The highest BCUT2D eigenvalue weighted by molar-refractivity contribution is 8.01. The molecular weight excluding hydrogens is 212 g/mol. The Balaban J connectivity index is 3.14. The molecule has 0 unspecified atom stereocenters. The molecule has 0 aromatic carbocycles. The third kappa shape index (κ3) is 3.14. The summed E-state index contributed by atoms with van der Waals surface area (Å²) in [6.45, 7) is 8.52. The van der Waals surface area contributed by atoms with Crippen molar-refractivity contribution < 1.29 is 0 Å². The van der Waals surface area contributed by atoms with Crippen molar-refractivity contribution in [1.29, 1.82) is 0 Å². The molecule has 0 fully saturated rings. The molecule has 3 heteroatoms. The average molecular weight is 228 g/mol. The van der Waals surface area contributed by atoms with Crippen molar-refractivity contribution in [2.45, 2.75) is 37.3 Å². The first kappa shape index (κ1) is 11.8. The SMILES string of the molecule is CCSc1cc(=O)cc(C(C)(C)C)s1. The van der Waals surface area contributed by atoms with Crippen LogP contribution in [0.2, 0.25) is 0 Å². The second kappa shape index (κ2) is 4.49. The summed E-state index contributed by atoms with van der Waals surface area (Å²) in [5.41, 5.74) is 0.207. The molecule has 0 N–H and O–H groups in total. The molecule has 1 aromatic rings. The van der Waals surface area contributed by atoms with Crippen LogP contribution in [-0.2, 0) is 5.41 Å². The number of hydrogen-bond donors (Lipinski definition) is 0. The van der Waals surface area contributed by atoms with Crippen molar-refractivity contribution >= 4 is 23.1 Å². The predicted molar refractivity (Wildman–Crippen MR) is 65.7 cm³/mol. The van der Waals surface area contributed by atoms with Crippen molar-refractivity contribution in [2.75, 3.05) is 5.75 Å². The predicted octanol–water partition coefficient (Wildman–Crippen LogP) is 3.52. The smallest absolute Gasteiger partial charge is 0.181 e. The minimum atomic E-state index is 0.0775. The molecule has 0 saturated carbocycles. The maximum absolute atomic E-state index is 11.4. The van der Waals surface area contributed by atoms with E-state index in [0.29, 0.717) is 0 Å². The van der Waals surface area contributed by atoms with E-state index < -0.39 is 0 Å². The monoisotopic (exact) mass is 228 g/mol. The maximum Gasteiger partial charge on any atom is 0.181 e. The van der Waals surface area contributed by atoms with Gasteiger partial charge in [-0.1, -0.05) is 27.7 Å². The molecule has 0 amide bonds. The van der Waals surface area contributed by atoms with Gasteiger partial charge in [-0.05, 0) is 17.2 Å². The Morgan fingerprint density at radius 1 is 1.36 bits per heavy atom. The average Bonchev–Trinajstić information content (AvgIpc) is 2.02. The fourth-order valence-electron chi connectivity index (χ4n) is 1.04. The fraction of sp³-hybridized carbons (Fsp3) is 0.545. The molecule has 1 heterocycles. The van der Waals surface area contributed by atoms with Gasteiger partial charge in [-0.15, -0.1) is 23.1 Å². The van der Waals surface area contributed by atoms with E-state index in [2.05, 4.69) is 27.7 Å². The van der Waals surface area contributed by atoms with Gasteiger partial charge in [0.1, 0.15) is 0 Å². The molecule has 78 valence electrons. The quantitative estimate of drug-likeness (QED) is 0.720. The maximum atomic E-state index is 11.4. The highest BCUT2D eigenvalue weighted by Gasteiger charge is 2.15. The third-order valence-corrected chi connectivity index (χ3v) is 4.33. The van der Waals surface area contributed by atoms with E-state index in [-0.39, 0.29) is 10.8 Å². The first-order valence-corrected chi connectivity index (χ1v) is 6.52. The van der Waals surface area contributed by atoms with Crippen molar-refractivity contribution in [3.05, 3.63) is 27.2 Å². The first-order chi connectivity index (χ1) is 6.43. The van der Waals surface area contributed by atoms with Gasteiger partial charge in [0.2, 0.25) is 0 Å². The van der Waals surface area contributed by atoms with Gasteiger partial charge >= 0.3 is 0 Å². The molecule has 0 aliphatic carbocycles. The molecule has 1 nitrogen and oxygen atoms in total. The van der Waals surface area contributed by atoms with Gasteiger partial charge in [0.25, 0.3) is 0 Å². The van der Waals surface area contributed by atoms with Crippen LogP contribution in [0.4, 0.5) is 0 Å². The molecule has 1 rings (SSSR count). The second-order valence-electron chi connectivity index (χ2n) is 4.16. The minimum absolute atomic E-state index is 0.0775. The van der Waals surface area contributed by atoms with E-state index in [1.807, 2.05) is 0 Å². The number of rotatable bonds is 2. The van der Waals surface area contributed by atoms with E-state index >= 15 is 0 Å². The molecule has 14 heavy (non-hydrogen) atoms. The molecule has 0 aliphatic heterocycles. The minimum Gasteiger partial charge on any atom is -0.290 e. The van der Waals surface area contributed by atoms with Gasteiger partial charge in [-0.25, -0.2) is 0 Å². The van der Waals surface area contributed by atoms with Crippen LogP contribution >= 0.6 is 23.1 Å². The zero-order chi connectivity index (χ0) is 10.8. The normalized spacial score (nSPS) is 11.7. The van der Waals surface area contributed by atoms with Crippen LogP contribution < -0.4 is 5.43 Å². The summed E-state index contributed by atoms with van der Waals surface area (Å²) in [6, 6.07) is 3.48. The molecule has 0 atom stereocenters. The molecule has 0 bridgehead atoms. The van der Waals surface area contributed by atoms with Gasteiger partial charge in [0, 0.05) is 10.9 Å². The largest absolute Gasteiger partial charge is 0.290 e. The Morgan fingerprint density at radius 3 is 2.50 bits per heavy atom. The lowest BCUT2D eigenvalue weighted by Gasteiger charge is -2.17. The summed E-state index contributed by atoms with van der Waals surface area (Å²) in [5, 5.41) is 0. The van der Waals surface area contributed by atoms with Crippen LogP contribution in [0.3, 0.4) is 0 Å². The summed E-state index contributed by atoms with van der Waals surface area (Å²) in [5.74, 6) is 1.02. The number of hydrogen-bond acceptors (Lipinski definition) is 3. The Kier molecular flexibility index (Phi) is 3.78. The Labute approximate surface area is 93.6 Å². The summed E-state index contributed by atoms with van der Waals surface area (Å²) in [4.78, 5) is 12.6. The van der Waals surface area contributed by atoms with E-state index in [9.17, 15) is 4.79 Å². The van der Waals surface area contributed by atoms with E-state index in [4.69, 9.17) is 0 Å². The van der Waals surface area contributed by atoms with Crippen LogP contribution in [0.25, 0.3) is 0 Å². The van der Waals surface area contributed by atoms with Gasteiger partial charge < -0.3 is 0 Å². The number of thioether (sulfide) groups is 1. The van der Waals surface area contributed by atoms with Gasteiger partial charge in [0.15, 0.2) is 5.43 Å². The summed E-state index contributed by atoms with van der Waals surface area (Å²) in [7, 11) is 0. The molecule has 0 spiro atoms. The van der Waals surface area contributed by atoms with Crippen molar-refractivity contribution in [3.63, 3.8) is 0 Å². The molecule has 0 saturated heterocycles. The summed E-state index contributed by atoms with van der Waals surface area (Å²) >= 11 is 3.47. The van der Waals surface area contributed by atoms with Crippen LogP contribution in [0.5, 0.6) is 0 Å². The summed E-state index contributed by atoms with van der Waals surface area (Å²) in [6.07, 6.45) is 0. The highest BCUT2D eigenvalue weighted by Crippen LogP contribution is 2.30. The van der Waals surface area contributed by atoms with Crippen molar-refractivity contribution in [2.24, 2.45) is 0 Å². The van der Waals surface area contributed by atoms with Crippen LogP contribution in [0, 0.1) is 0 Å². The first-order valence-electron chi connectivity index (χ1n) is 4.72. The lowest BCUT2D eigenvalue weighted by Crippen LogP contribution is -2.12. The van der Waals surface area contributed by atoms with Crippen molar-refractivity contribution in [3.8, 4) is 0 Å². The van der Waals surface area contributed by atoms with E-state index in [1.165, 1.54) is 4.88 Å². The van der Waals surface area contributed by atoms with Gasteiger partial charge in [-0.3, -0.25) is 4.79 Å². The van der Waals surface area contributed by atoms with Crippen LogP contribution in [0.1, 0.15) is 32.6 Å². The Bertz CT molecular complexity index is 360. The lowest BCUT2D eigenvalue weighted by atomic mass is 9.95. The van der Waals surface area contributed by atoms with E-state index in [1.54, 1.807) is 35.2 Å². The Morgan fingerprint density at radius 2 is 2.00 bits per heavy atom. The van der Waals surface area contributed by atoms with Gasteiger partial charge in [0.05, 0.1) is 4.21 Å². The second-order valence-corrected chi connectivity index (χ2v) is 6.81. The highest BCUT2D eigenvalue weighted by atomic mass is 32.2. The zero-order valence-corrected chi connectivity index (χ0v) is 10.7. The van der Waals surface area contributed by atoms with Crippen LogP contribution in [0.15, 0.2) is 21.1 Å². The van der Waals surface area contributed by atoms with Gasteiger partial charge in [-0.2, -0.15) is 0 Å².